The highest BCUT2D eigenvalue weighted by atomic mass is 32.1. The Labute approximate surface area is 102 Å². The van der Waals surface area contributed by atoms with Crippen LogP contribution in [0.25, 0.3) is 10.7 Å². The molecular formula is C10H11N5OS. The number of hydrogen-bond donors (Lipinski definition) is 1. The zero-order valence-electron chi connectivity index (χ0n) is 9.04. The second kappa shape index (κ2) is 5.35. The molecule has 2 rings (SSSR count). The molecule has 6 nitrogen and oxygen atoms in total. The molecule has 2 heterocycles. The Balaban J connectivity index is 1.99. The molecule has 0 fully saturated rings. The monoisotopic (exact) mass is 249 g/mol. The normalized spacial score (nSPS) is 10.1. The van der Waals surface area contributed by atoms with Gasteiger partial charge in [-0.2, -0.15) is 4.80 Å². The van der Waals surface area contributed by atoms with Crippen LogP contribution in [0.3, 0.4) is 0 Å². The van der Waals surface area contributed by atoms with Crippen molar-refractivity contribution in [2.45, 2.75) is 6.54 Å². The SMILES string of the molecule is C=CCNC(=O)Cn1nnc(-c2cccs2)n1. The first-order chi connectivity index (χ1) is 8.29. The van der Waals surface area contributed by atoms with Crippen molar-refractivity contribution in [3.8, 4) is 10.7 Å². The van der Waals surface area contributed by atoms with Gasteiger partial charge in [0, 0.05) is 6.54 Å². The van der Waals surface area contributed by atoms with E-state index in [1.807, 2.05) is 17.5 Å². The van der Waals surface area contributed by atoms with Gasteiger partial charge in [-0.15, -0.1) is 28.1 Å². The molecule has 0 aromatic carbocycles. The van der Waals surface area contributed by atoms with E-state index in [9.17, 15) is 4.79 Å². The molecule has 7 heteroatoms. The van der Waals surface area contributed by atoms with E-state index in [0.29, 0.717) is 12.4 Å². The molecule has 0 radical (unpaired) electrons. The minimum atomic E-state index is -0.167. The summed E-state index contributed by atoms with van der Waals surface area (Å²) in [6.07, 6.45) is 1.61. The third-order valence-electron chi connectivity index (χ3n) is 1.92. The summed E-state index contributed by atoms with van der Waals surface area (Å²) >= 11 is 1.53. The molecule has 0 aliphatic rings. The predicted molar refractivity (Wildman–Crippen MR) is 64.3 cm³/mol. The fourth-order valence-corrected chi connectivity index (χ4v) is 1.83. The molecule has 0 saturated carbocycles. The Bertz CT molecular complexity index is 505. The van der Waals surface area contributed by atoms with Crippen molar-refractivity contribution in [2.24, 2.45) is 0 Å². The van der Waals surface area contributed by atoms with Crippen LogP contribution in [-0.4, -0.2) is 32.7 Å². The third kappa shape index (κ3) is 2.97. The highest BCUT2D eigenvalue weighted by Gasteiger charge is 2.08. The minimum Gasteiger partial charge on any atom is -0.351 e. The highest BCUT2D eigenvalue weighted by molar-refractivity contribution is 7.13. The summed E-state index contributed by atoms with van der Waals surface area (Å²) in [7, 11) is 0. The first-order valence-corrected chi connectivity index (χ1v) is 5.87. The van der Waals surface area contributed by atoms with E-state index >= 15 is 0 Å². The summed E-state index contributed by atoms with van der Waals surface area (Å²) in [6.45, 7) is 4.01. The van der Waals surface area contributed by atoms with Crippen LogP contribution in [0.1, 0.15) is 0 Å². The van der Waals surface area contributed by atoms with Crippen LogP contribution in [0.2, 0.25) is 0 Å². The maximum atomic E-state index is 11.4. The smallest absolute Gasteiger partial charge is 0.243 e. The second-order valence-corrected chi connectivity index (χ2v) is 4.16. The molecule has 2 aromatic rings. The zero-order chi connectivity index (χ0) is 12.1. The lowest BCUT2D eigenvalue weighted by molar-refractivity contribution is -0.121. The number of thiophene rings is 1. The summed E-state index contributed by atoms with van der Waals surface area (Å²) in [5.41, 5.74) is 0. The topological polar surface area (TPSA) is 72.7 Å². The van der Waals surface area contributed by atoms with Crippen molar-refractivity contribution < 1.29 is 4.79 Å². The van der Waals surface area contributed by atoms with Gasteiger partial charge in [-0.1, -0.05) is 12.1 Å². The lowest BCUT2D eigenvalue weighted by atomic mass is 10.5. The van der Waals surface area contributed by atoms with Gasteiger partial charge in [0.1, 0.15) is 6.54 Å². The van der Waals surface area contributed by atoms with Crippen molar-refractivity contribution in [1.29, 1.82) is 0 Å². The average Bonchev–Trinajstić information content (AvgIpc) is 2.95. The van der Waals surface area contributed by atoms with Gasteiger partial charge < -0.3 is 5.32 Å². The van der Waals surface area contributed by atoms with E-state index in [4.69, 9.17) is 0 Å². The zero-order valence-corrected chi connectivity index (χ0v) is 9.85. The lowest BCUT2D eigenvalue weighted by Crippen LogP contribution is -2.28. The van der Waals surface area contributed by atoms with Crippen molar-refractivity contribution in [1.82, 2.24) is 25.5 Å². The molecule has 1 N–H and O–H groups in total. The predicted octanol–water partition coefficient (Wildman–Crippen LogP) is 0.704. The minimum absolute atomic E-state index is 0.0617. The number of nitrogens with one attached hydrogen (secondary N) is 1. The van der Waals surface area contributed by atoms with Crippen LogP contribution in [0.5, 0.6) is 0 Å². The molecular weight excluding hydrogens is 238 g/mol. The van der Waals surface area contributed by atoms with Gasteiger partial charge in [0.2, 0.25) is 11.7 Å². The number of amides is 1. The number of hydrogen-bond acceptors (Lipinski definition) is 5. The molecule has 0 bridgehead atoms. The standard InChI is InChI=1S/C10H11N5OS/c1-2-5-11-9(16)7-15-13-10(12-14-15)8-4-3-6-17-8/h2-4,6H,1,5,7H2,(H,11,16). The molecule has 1 amide bonds. The van der Waals surface area contributed by atoms with Crippen molar-refractivity contribution in [3.63, 3.8) is 0 Å². The van der Waals surface area contributed by atoms with Gasteiger partial charge in [0.05, 0.1) is 4.88 Å². The quantitative estimate of drug-likeness (QED) is 0.792. The van der Waals surface area contributed by atoms with Gasteiger partial charge >= 0.3 is 0 Å². The van der Waals surface area contributed by atoms with E-state index in [1.54, 1.807) is 6.08 Å². The van der Waals surface area contributed by atoms with Crippen LogP contribution < -0.4 is 5.32 Å². The second-order valence-electron chi connectivity index (χ2n) is 3.21. The summed E-state index contributed by atoms with van der Waals surface area (Å²) in [5, 5.41) is 16.4. The fraction of sp³-hybridized carbons (Fsp3) is 0.200. The van der Waals surface area contributed by atoms with E-state index in [0.717, 1.165) is 4.88 Å². The summed E-state index contributed by atoms with van der Waals surface area (Å²) in [4.78, 5) is 13.6. The molecule has 0 atom stereocenters. The first kappa shape index (κ1) is 11.5. The van der Waals surface area contributed by atoms with E-state index in [2.05, 4.69) is 27.3 Å². The molecule has 17 heavy (non-hydrogen) atoms. The molecule has 0 aliphatic carbocycles. The highest BCUT2D eigenvalue weighted by Crippen LogP contribution is 2.19. The van der Waals surface area contributed by atoms with E-state index in [-0.39, 0.29) is 12.5 Å². The Morgan fingerprint density at radius 1 is 1.65 bits per heavy atom. The van der Waals surface area contributed by atoms with Gasteiger partial charge in [0.25, 0.3) is 0 Å². The Hall–Kier alpha value is -2.02. The largest absolute Gasteiger partial charge is 0.351 e. The molecule has 0 spiro atoms. The molecule has 88 valence electrons. The average molecular weight is 249 g/mol. The summed E-state index contributed by atoms with van der Waals surface area (Å²) in [6, 6.07) is 3.82. The Kier molecular flexibility index (Phi) is 3.61. The maximum Gasteiger partial charge on any atom is 0.243 e. The van der Waals surface area contributed by atoms with Crippen LogP contribution in [0.4, 0.5) is 0 Å². The van der Waals surface area contributed by atoms with E-state index < -0.39 is 0 Å². The number of carbonyl (C=O) groups is 1. The number of rotatable bonds is 5. The fourth-order valence-electron chi connectivity index (χ4n) is 1.19. The van der Waals surface area contributed by atoms with Gasteiger partial charge in [-0.25, -0.2) is 0 Å². The number of tetrazole rings is 1. The molecule has 0 aliphatic heterocycles. The van der Waals surface area contributed by atoms with E-state index in [1.165, 1.54) is 16.1 Å². The van der Waals surface area contributed by atoms with Crippen LogP contribution in [-0.2, 0) is 11.3 Å². The van der Waals surface area contributed by atoms with Crippen molar-refractivity contribution >= 4 is 17.2 Å². The number of nitrogens with zero attached hydrogens (tertiary/aromatic N) is 4. The van der Waals surface area contributed by atoms with Gasteiger partial charge in [0.15, 0.2) is 0 Å². The molecule has 0 unspecified atom stereocenters. The van der Waals surface area contributed by atoms with Crippen LogP contribution >= 0.6 is 11.3 Å². The maximum absolute atomic E-state index is 11.4. The number of carbonyl (C=O) groups excluding carboxylic acids is 1. The summed E-state index contributed by atoms with van der Waals surface area (Å²) in [5.74, 6) is 0.372. The third-order valence-corrected chi connectivity index (χ3v) is 2.79. The molecule has 2 aromatic heterocycles. The Morgan fingerprint density at radius 2 is 2.53 bits per heavy atom. The Morgan fingerprint density at radius 3 is 3.24 bits per heavy atom. The first-order valence-electron chi connectivity index (χ1n) is 4.99. The summed E-state index contributed by atoms with van der Waals surface area (Å²) < 4.78 is 0. The number of aromatic nitrogens is 4. The van der Waals surface area contributed by atoms with Crippen molar-refractivity contribution in [3.05, 3.63) is 30.2 Å². The van der Waals surface area contributed by atoms with Gasteiger partial charge in [-0.3, -0.25) is 4.79 Å². The van der Waals surface area contributed by atoms with Gasteiger partial charge in [-0.05, 0) is 16.7 Å². The van der Waals surface area contributed by atoms with Crippen LogP contribution in [0.15, 0.2) is 30.2 Å². The van der Waals surface area contributed by atoms with Crippen molar-refractivity contribution in [2.75, 3.05) is 6.54 Å². The van der Waals surface area contributed by atoms with Crippen LogP contribution in [0, 0.1) is 0 Å². The molecule has 0 saturated heterocycles. The lowest BCUT2D eigenvalue weighted by Gasteiger charge is -1.99.